The first-order valence-corrected chi connectivity index (χ1v) is 4.81. The molecule has 3 nitrogen and oxygen atoms in total. The van der Waals surface area contributed by atoms with Crippen molar-refractivity contribution in [2.24, 2.45) is 0 Å². The zero-order valence-electron chi connectivity index (χ0n) is 7.79. The summed E-state index contributed by atoms with van der Waals surface area (Å²) in [5.41, 5.74) is -0.296. The van der Waals surface area contributed by atoms with E-state index in [0.717, 1.165) is 45.6 Å². The second kappa shape index (κ2) is 2.98. The lowest BCUT2D eigenvalue weighted by molar-refractivity contribution is 0.0654. The molecule has 0 radical (unpaired) electrons. The summed E-state index contributed by atoms with van der Waals surface area (Å²) in [5.74, 6) is 0. The fourth-order valence-corrected chi connectivity index (χ4v) is 1.72. The first-order valence-electron chi connectivity index (χ1n) is 4.81. The summed E-state index contributed by atoms with van der Waals surface area (Å²) < 4.78 is 0. The van der Waals surface area contributed by atoms with Crippen LogP contribution in [0, 0.1) is 0 Å². The van der Waals surface area contributed by atoms with E-state index >= 15 is 0 Å². The monoisotopic (exact) mass is 170 g/mol. The van der Waals surface area contributed by atoms with Gasteiger partial charge in [-0.25, -0.2) is 0 Å². The van der Waals surface area contributed by atoms with Gasteiger partial charge in [0, 0.05) is 32.7 Å². The summed E-state index contributed by atoms with van der Waals surface area (Å²) in [7, 11) is 2.16. The van der Waals surface area contributed by atoms with Crippen molar-refractivity contribution in [2.45, 2.75) is 18.4 Å². The predicted molar refractivity (Wildman–Crippen MR) is 48.1 cm³/mol. The molecule has 0 aromatic rings. The maximum Gasteiger partial charge on any atom is 0.0776 e. The largest absolute Gasteiger partial charge is 0.389 e. The summed E-state index contributed by atoms with van der Waals surface area (Å²) in [5, 5.41) is 9.69. The highest BCUT2D eigenvalue weighted by atomic mass is 16.3. The molecule has 0 atom stereocenters. The first kappa shape index (κ1) is 8.48. The molecule has 1 heterocycles. The molecule has 1 N–H and O–H groups in total. The van der Waals surface area contributed by atoms with Crippen LogP contribution in [-0.4, -0.2) is 60.3 Å². The lowest BCUT2D eigenvalue weighted by Crippen LogP contribution is -2.47. The van der Waals surface area contributed by atoms with Gasteiger partial charge in [0.25, 0.3) is 0 Å². The van der Waals surface area contributed by atoms with Gasteiger partial charge in [-0.1, -0.05) is 0 Å². The van der Waals surface area contributed by atoms with Crippen molar-refractivity contribution in [1.82, 2.24) is 9.80 Å². The van der Waals surface area contributed by atoms with E-state index in [0.29, 0.717) is 0 Å². The number of likely N-dealkylation sites (N-methyl/N-ethyl adjacent to an activating group) is 1. The third-order valence-electron chi connectivity index (χ3n) is 2.94. The Labute approximate surface area is 74.0 Å². The van der Waals surface area contributed by atoms with Crippen molar-refractivity contribution < 1.29 is 5.11 Å². The SMILES string of the molecule is CN1CCN(CC2(O)CC2)CC1. The van der Waals surface area contributed by atoms with Crippen LogP contribution in [0.3, 0.4) is 0 Å². The van der Waals surface area contributed by atoms with Crippen molar-refractivity contribution in [1.29, 1.82) is 0 Å². The van der Waals surface area contributed by atoms with E-state index in [-0.39, 0.29) is 5.60 Å². The molecule has 70 valence electrons. The van der Waals surface area contributed by atoms with E-state index in [1.807, 2.05) is 0 Å². The first-order chi connectivity index (χ1) is 5.68. The summed E-state index contributed by atoms with van der Waals surface area (Å²) in [6, 6.07) is 0. The Morgan fingerprint density at radius 2 is 1.75 bits per heavy atom. The summed E-state index contributed by atoms with van der Waals surface area (Å²) in [4.78, 5) is 4.72. The average molecular weight is 170 g/mol. The molecule has 0 bridgehead atoms. The van der Waals surface area contributed by atoms with Crippen LogP contribution in [0.25, 0.3) is 0 Å². The molecule has 1 saturated carbocycles. The Bertz CT molecular complexity index is 160. The molecule has 2 rings (SSSR count). The van der Waals surface area contributed by atoms with Gasteiger partial charge in [-0.05, 0) is 19.9 Å². The molecule has 0 aromatic heterocycles. The van der Waals surface area contributed by atoms with E-state index in [9.17, 15) is 5.11 Å². The molecule has 0 aromatic carbocycles. The highest BCUT2D eigenvalue weighted by molar-refractivity contribution is 4.96. The Morgan fingerprint density at radius 1 is 1.17 bits per heavy atom. The van der Waals surface area contributed by atoms with Crippen molar-refractivity contribution in [3.8, 4) is 0 Å². The molecule has 12 heavy (non-hydrogen) atoms. The molecule has 0 unspecified atom stereocenters. The summed E-state index contributed by atoms with van der Waals surface area (Å²) in [6.45, 7) is 5.45. The maximum absolute atomic E-state index is 9.69. The quantitative estimate of drug-likeness (QED) is 0.619. The van der Waals surface area contributed by atoms with Crippen molar-refractivity contribution in [2.75, 3.05) is 39.8 Å². The smallest absolute Gasteiger partial charge is 0.0776 e. The number of β-amino-alcohol motifs (C(OH)–C–C–N with tert-alkyl or cyclic N) is 1. The van der Waals surface area contributed by atoms with Crippen LogP contribution in [0.4, 0.5) is 0 Å². The molecule has 0 amide bonds. The summed E-state index contributed by atoms with van der Waals surface area (Å²) >= 11 is 0. The van der Waals surface area contributed by atoms with Crippen LogP contribution >= 0.6 is 0 Å². The molecule has 1 aliphatic heterocycles. The third kappa shape index (κ3) is 1.97. The Morgan fingerprint density at radius 3 is 2.25 bits per heavy atom. The highest BCUT2D eigenvalue weighted by Gasteiger charge is 2.41. The zero-order valence-corrected chi connectivity index (χ0v) is 7.79. The molecule has 2 aliphatic rings. The van der Waals surface area contributed by atoms with Crippen LogP contribution in [0.2, 0.25) is 0 Å². The molecular weight excluding hydrogens is 152 g/mol. The van der Waals surface area contributed by atoms with Gasteiger partial charge in [0.05, 0.1) is 5.60 Å². The molecular formula is C9H18N2O. The van der Waals surface area contributed by atoms with Crippen LogP contribution in [0.1, 0.15) is 12.8 Å². The second-order valence-corrected chi connectivity index (χ2v) is 4.30. The normalized spacial score (nSPS) is 30.5. The van der Waals surface area contributed by atoms with Gasteiger partial charge < -0.3 is 10.0 Å². The van der Waals surface area contributed by atoms with Gasteiger partial charge in [-0.15, -0.1) is 0 Å². The Hall–Kier alpha value is -0.120. The number of aliphatic hydroxyl groups is 1. The number of hydrogen-bond acceptors (Lipinski definition) is 3. The van der Waals surface area contributed by atoms with Crippen LogP contribution in [0.5, 0.6) is 0 Å². The predicted octanol–water partition coefficient (Wildman–Crippen LogP) is -0.241. The van der Waals surface area contributed by atoms with Gasteiger partial charge in [-0.3, -0.25) is 4.90 Å². The fourth-order valence-electron chi connectivity index (χ4n) is 1.72. The standard InChI is InChI=1S/C9H18N2O/c1-10-4-6-11(7-5-10)8-9(12)2-3-9/h12H,2-8H2,1H3. The molecule has 1 aliphatic carbocycles. The number of hydrogen-bond donors (Lipinski definition) is 1. The van der Waals surface area contributed by atoms with Crippen LogP contribution < -0.4 is 0 Å². The van der Waals surface area contributed by atoms with Gasteiger partial charge in [0.1, 0.15) is 0 Å². The van der Waals surface area contributed by atoms with Crippen molar-refractivity contribution in [3.05, 3.63) is 0 Å². The number of rotatable bonds is 2. The van der Waals surface area contributed by atoms with Gasteiger partial charge in [0.15, 0.2) is 0 Å². The summed E-state index contributed by atoms with van der Waals surface area (Å²) in [6.07, 6.45) is 2.03. The minimum absolute atomic E-state index is 0.296. The molecule has 2 fully saturated rings. The van der Waals surface area contributed by atoms with E-state index < -0.39 is 0 Å². The van der Waals surface area contributed by atoms with Gasteiger partial charge in [-0.2, -0.15) is 0 Å². The molecule has 1 saturated heterocycles. The van der Waals surface area contributed by atoms with Gasteiger partial charge in [0.2, 0.25) is 0 Å². The van der Waals surface area contributed by atoms with Crippen LogP contribution in [0.15, 0.2) is 0 Å². The molecule has 0 spiro atoms. The van der Waals surface area contributed by atoms with Crippen molar-refractivity contribution in [3.63, 3.8) is 0 Å². The number of piperazine rings is 1. The van der Waals surface area contributed by atoms with E-state index in [1.165, 1.54) is 0 Å². The maximum atomic E-state index is 9.69. The fraction of sp³-hybridized carbons (Fsp3) is 1.00. The van der Waals surface area contributed by atoms with E-state index in [1.54, 1.807) is 0 Å². The minimum Gasteiger partial charge on any atom is -0.389 e. The van der Waals surface area contributed by atoms with E-state index in [2.05, 4.69) is 16.8 Å². The molecule has 3 heteroatoms. The van der Waals surface area contributed by atoms with Crippen LogP contribution in [-0.2, 0) is 0 Å². The lowest BCUT2D eigenvalue weighted by atomic mass is 10.2. The number of nitrogens with zero attached hydrogens (tertiary/aromatic N) is 2. The Kier molecular flexibility index (Phi) is 2.10. The minimum atomic E-state index is -0.296. The van der Waals surface area contributed by atoms with Gasteiger partial charge >= 0.3 is 0 Å². The van der Waals surface area contributed by atoms with E-state index in [4.69, 9.17) is 0 Å². The Balaban J connectivity index is 1.75. The lowest BCUT2D eigenvalue weighted by Gasteiger charge is -2.33. The average Bonchev–Trinajstić information content (AvgIpc) is 2.74. The highest BCUT2D eigenvalue weighted by Crippen LogP contribution is 2.35. The second-order valence-electron chi connectivity index (χ2n) is 4.30. The topological polar surface area (TPSA) is 26.7 Å². The third-order valence-corrected chi connectivity index (χ3v) is 2.94. The van der Waals surface area contributed by atoms with Crippen molar-refractivity contribution >= 4 is 0 Å². The zero-order chi connectivity index (χ0) is 8.60.